The zero-order valence-electron chi connectivity index (χ0n) is 40.3. The quantitative estimate of drug-likeness (QED) is 0.150. The Kier molecular flexibility index (Phi) is 10.0. The zero-order valence-corrected chi connectivity index (χ0v) is 42.0. The molecule has 4 unspecified atom stereocenters. The second-order valence-corrected chi connectivity index (χ2v) is 23.0. The minimum Gasteiger partial charge on any atom is -0.334 e. The first kappa shape index (κ1) is 43.1. The van der Waals surface area contributed by atoms with Gasteiger partial charge in [-0.25, -0.2) is 0 Å². The summed E-state index contributed by atoms with van der Waals surface area (Å²) in [4.78, 5) is 5.40. The summed E-state index contributed by atoms with van der Waals surface area (Å²) in [5.41, 5.74) is 20.8. The molecule has 2 saturated carbocycles. The van der Waals surface area contributed by atoms with Crippen molar-refractivity contribution in [1.82, 2.24) is 0 Å². The molecule has 342 valence electrons. The van der Waals surface area contributed by atoms with Gasteiger partial charge in [-0.15, -0.1) is 0 Å². The average molecular weight is 933 g/mol. The van der Waals surface area contributed by atoms with Gasteiger partial charge in [-0.2, -0.15) is 23.5 Å². The number of nitrogens with zero attached hydrogens (tertiary/aromatic N) is 2. The molecule has 0 amide bonds. The number of para-hydroxylation sites is 2. The van der Waals surface area contributed by atoms with Crippen molar-refractivity contribution in [3.8, 4) is 33.4 Å². The molecule has 5 aliphatic rings. The number of rotatable bonds is 8. The van der Waals surface area contributed by atoms with Crippen LogP contribution < -0.4 is 9.80 Å². The maximum absolute atomic E-state index is 2.70. The van der Waals surface area contributed by atoms with Crippen LogP contribution in [0.3, 0.4) is 0 Å². The van der Waals surface area contributed by atoms with Crippen LogP contribution in [0, 0.1) is 0 Å². The molecular formula is C65H60N2S2. The van der Waals surface area contributed by atoms with Crippen molar-refractivity contribution < 1.29 is 0 Å². The van der Waals surface area contributed by atoms with Crippen molar-refractivity contribution in [2.24, 2.45) is 0 Å². The van der Waals surface area contributed by atoms with E-state index in [1.54, 1.807) is 0 Å². The van der Waals surface area contributed by atoms with Gasteiger partial charge in [0, 0.05) is 22.7 Å². The maximum atomic E-state index is 2.70. The number of anilines is 4. The predicted octanol–water partition coefficient (Wildman–Crippen LogP) is 17.5. The summed E-state index contributed by atoms with van der Waals surface area (Å²) in [5.74, 6) is 0. The number of fused-ring (bicyclic) bond motifs is 9. The maximum Gasteiger partial charge on any atom is 0.0713 e. The smallest absolute Gasteiger partial charge is 0.0713 e. The highest BCUT2D eigenvalue weighted by atomic mass is 32.2. The SMILES string of the molecule is CSC12CCCCC1(C)N(c1ccccc1)c1ccc(-c3ccc4c(c3)-c3cc(-c5ccc6c(c5)C5(SC)CCCCC5(C)N6c5ccccc5)ccc3C4(c3ccccc3)c3ccccc3)cc12. The third kappa shape index (κ3) is 5.82. The van der Waals surface area contributed by atoms with Crippen LogP contribution in [0.25, 0.3) is 33.4 Å². The van der Waals surface area contributed by atoms with Gasteiger partial charge in [-0.3, -0.25) is 0 Å². The predicted molar refractivity (Wildman–Crippen MR) is 296 cm³/mol. The molecule has 2 aliphatic heterocycles. The van der Waals surface area contributed by atoms with E-state index < -0.39 is 5.41 Å². The van der Waals surface area contributed by atoms with E-state index in [0.29, 0.717) is 0 Å². The van der Waals surface area contributed by atoms with Gasteiger partial charge in [0.15, 0.2) is 0 Å². The molecule has 0 radical (unpaired) electrons. The molecule has 2 nitrogen and oxygen atoms in total. The summed E-state index contributed by atoms with van der Waals surface area (Å²) in [5, 5.41) is 0. The first-order chi connectivity index (χ1) is 33.8. The molecule has 0 spiro atoms. The number of hydrogen-bond donors (Lipinski definition) is 0. The average Bonchev–Trinajstić information content (AvgIpc) is 3.93. The number of benzene rings is 8. The summed E-state index contributed by atoms with van der Waals surface area (Å²) >= 11 is 4.16. The molecule has 0 aromatic heterocycles. The van der Waals surface area contributed by atoms with Gasteiger partial charge in [0.1, 0.15) is 0 Å². The van der Waals surface area contributed by atoms with Crippen LogP contribution in [0.1, 0.15) is 98.6 Å². The fourth-order valence-electron chi connectivity index (χ4n) is 14.8. The highest BCUT2D eigenvalue weighted by Crippen LogP contribution is 2.67. The molecule has 2 fully saturated rings. The molecule has 4 heteroatoms. The van der Waals surface area contributed by atoms with Gasteiger partial charge < -0.3 is 9.80 Å². The molecule has 69 heavy (non-hydrogen) atoms. The first-order valence-corrected chi connectivity index (χ1v) is 27.8. The van der Waals surface area contributed by atoms with Crippen LogP contribution in [0.15, 0.2) is 194 Å². The largest absolute Gasteiger partial charge is 0.334 e. The molecule has 4 atom stereocenters. The Labute approximate surface area is 418 Å². The van der Waals surface area contributed by atoms with Crippen LogP contribution in [0.5, 0.6) is 0 Å². The zero-order chi connectivity index (χ0) is 46.6. The summed E-state index contributed by atoms with van der Waals surface area (Å²) in [6, 6.07) is 74.6. The first-order valence-electron chi connectivity index (χ1n) is 25.3. The number of hydrogen-bond acceptors (Lipinski definition) is 4. The fourth-order valence-corrected chi connectivity index (χ4v) is 17.5. The summed E-state index contributed by atoms with van der Waals surface area (Å²) in [6.07, 6.45) is 14.5. The van der Waals surface area contributed by atoms with Crippen molar-refractivity contribution in [3.63, 3.8) is 0 Å². The van der Waals surface area contributed by atoms with E-state index in [1.807, 2.05) is 0 Å². The molecule has 2 heterocycles. The van der Waals surface area contributed by atoms with Crippen molar-refractivity contribution >= 4 is 46.3 Å². The topological polar surface area (TPSA) is 6.48 Å². The van der Waals surface area contributed by atoms with E-state index >= 15 is 0 Å². The van der Waals surface area contributed by atoms with Gasteiger partial charge in [-0.05, 0) is 179 Å². The molecule has 8 aromatic carbocycles. The highest BCUT2D eigenvalue weighted by Gasteiger charge is 2.61. The van der Waals surface area contributed by atoms with E-state index in [-0.39, 0.29) is 20.6 Å². The monoisotopic (exact) mass is 932 g/mol. The van der Waals surface area contributed by atoms with Crippen LogP contribution >= 0.6 is 23.5 Å². The Morgan fingerprint density at radius 1 is 0.362 bits per heavy atom. The summed E-state index contributed by atoms with van der Waals surface area (Å²) in [6.45, 7) is 5.09. The van der Waals surface area contributed by atoms with Crippen LogP contribution in [-0.4, -0.2) is 23.6 Å². The number of thioether (sulfide) groups is 2. The van der Waals surface area contributed by atoms with E-state index in [2.05, 4.69) is 254 Å². The lowest BCUT2D eigenvalue weighted by Gasteiger charge is -2.51. The van der Waals surface area contributed by atoms with Gasteiger partial charge in [0.05, 0.1) is 26.0 Å². The summed E-state index contributed by atoms with van der Waals surface area (Å²) < 4.78 is -0.00328. The molecule has 3 aliphatic carbocycles. The van der Waals surface area contributed by atoms with Crippen molar-refractivity contribution in [3.05, 3.63) is 228 Å². The van der Waals surface area contributed by atoms with Gasteiger partial charge in [-0.1, -0.05) is 159 Å². The molecule has 0 N–H and O–H groups in total. The standard InChI is InChI=1S/C65H60N2S2/c1-61-37-17-19-39-63(61,68-3)57-43-47(31-35-59(57)66(61)51-25-13-7-14-26-51)45-29-33-55-53(41-45)54-42-46(30-34-56(54)65(55,49-21-9-5-10-22-49)50-23-11-6-12-24-50)48-32-36-60-58(44-48)64(69-4)40-20-18-38-62(64,2)67(60)52-27-15-8-16-28-52/h5-16,21-36,41-44H,17-20,37-40H2,1-4H3. The molecule has 8 aromatic rings. The van der Waals surface area contributed by atoms with Gasteiger partial charge in [0.25, 0.3) is 0 Å². The Hall–Kier alpha value is -5.94. The second-order valence-electron chi connectivity index (χ2n) is 20.8. The van der Waals surface area contributed by atoms with Crippen molar-refractivity contribution in [2.75, 3.05) is 22.3 Å². The lowest BCUT2D eigenvalue weighted by molar-refractivity contribution is 0.262. The van der Waals surface area contributed by atoms with Crippen LogP contribution in [0.4, 0.5) is 22.7 Å². The van der Waals surface area contributed by atoms with E-state index in [4.69, 9.17) is 0 Å². The lowest BCUT2D eigenvalue weighted by Crippen LogP contribution is -2.54. The third-order valence-corrected chi connectivity index (χ3v) is 21.0. The molecule has 13 rings (SSSR count). The Morgan fingerprint density at radius 3 is 1.10 bits per heavy atom. The Bertz CT molecular complexity index is 3040. The highest BCUT2D eigenvalue weighted by molar-refractivity contribution is 7.99. The molecule has 0 saturated heterocycles. The van der Waals surface area contributed by atoms with Crippen molar-refractivity contribution in [1.29, 1.82) is 0 Å². The minimum absolute atomic E-state index is 0.00164. The van der Waals surface area contributed by atoms with Gasteiger partial charge in [0.2, 0.25) is 0 Å². The van der Waals surface area contributed by atoms with E-state index in [0.717, 1.165) is 0 Å². The fraction of sp³-hybridized carbons (Fsp3) is 0.262. The van der Waals surface area contributed by atoms with Crippen molar-refractivity contribution in [2.45, 2.75) is 91.2 Å². The van der Waals surface area contributed by atoms with E-state index in [1.165, 1.54) is 141 Å². The Morgan fingerprint density at radius 2 is 0.710 bits per heavy atom. The Balaban J connectivity index is 1.00. The normalized spacial score (nSPS) is 24.8. The molecule has 0 bridgehead atoms. The lowest BCUT2D eigenvalue weighted by atomic mass is 9.67. The third-order valence-electron chi connectivity index (χ3n) is 17.9. The minimum atomic E-state index is -0.480. The molecular weight excluding hydrogens is 873 g/mol. The summed E-state index contributed by atoms with van der Waals surface area (Å²) in [7, 11) is 0. The van der Waals surface area contributed by atoms with Gasteiger partial charge >= 0.3 is 0 Å². The van der Waals surface area contributed by atoms with Crippen LogP contribution in [0.2, 0.25) is 0 Å². The second kappa shape index (κ2) is 16.1. The van der Waals surface area contributed by atoms with Crippen LogP contribution in [-0.2, 0) is 14.9 Å². The van der Waals surface area contributed by atoms with E-state index in [9.17, 15) is 0 Å².